The van der Waals surface area contributed by atoms with Gasteiger partial charge in [0.2, 0.25) is 0 Å². The minimum Gasteiger partial charge on any atom is -0.429 e. The maximum absolute atomic E-state index is 14.3. The smallest absolute Gasteiger partial charge is 0.426 e. The molecule has 0 amide bonds. The maximum atomic E-state index is 14.3. The fourth-order valence-corrected chi connectivity index (χ4v) is 2.62. The zero-order valence-corrected chi connectivity index (χ0v) is 14.6. The van der Waals surface area contributed by atoms with Crippen molar-refractivity contribution in [2.75, 3.05) is 0 Å². The van der Waals surface area contributed by atoms with Crippen LogP contribution in [0.25, 0.3) is 11.1 Å². The lowest BCUT2D eigenvalue weighted by Crippen LogP contribution is -2.21. The van der Waals surface area contributed by atoms with Crippen molar-refractivity contribution in [2.45, 2.75) is 19.7 Å². The van der Waals surface area contributed by atoms with Crippen LogP contribution in [-0.4, -0.2) is 0 Å². The third-order valence-electron chi connectivity index (χ3n) is 4.22. The van der Waals surface area contributed by atoms with Crippen LogP contribution in [0.3, 0.4) is 0 Å². The van der Waals surface area contributed by atoms with Gasteiger partial charge >= 0.3 is 6.11 Å². The second kappa shape index (κ2) is 7.58. The predicted molar refractivity (Wildman–Crippen MR) is 92.3 cm³/mol. The lowest BCUT2D eigenvalue weighted by atomic mass is 10.0. The van der Waals surface area contributed by atoms with Gasteiger partial charge in [0.05, 0.1) is 5.56 Å². The van der Waals surface area contributed by atoms with Crippen LogP contribution in [0.2, 0.25) is 0 Å². The van der Waals surface area contributed by atoms with Crippen molar-refractivity contribution in [3.63, 3.8) is 0 Å². The zero-order chi connectivity index (χ0) is 20.5. The van der Waals surface area contributed by atoms with Crippen LogP contribution in [0.5, 0.6) is 5.75 Å². The SMILES string of the molecule is Cc1ccc(-c2ccc(C(F)(F)Oc3ccc(CF)c(F)c3)cc2)c(F)c1F. The molecule has 0 aliphatic heterocycles. The summed E-state index contributed by atoms with van der Waals surface area (Å²) in [6.45, 7) is 0.340. The number of benzene rings is 3. The molecule has 7 heteroatoms. The number of aryl methyl sites for hydroxylation is 1. The number of hydrogen-bond donors (Lipinski definition) is 0. The Kier molecular flexibility index (Phi) is 5.36. The largest absolute Gasteiger partial charge is 0.429 e. The molecule has 0 bridgehead atoms. The second-order valence-electron chi connectivity index (χ2n) is 6.14. The van der Waals surface area contributed by atoms with Crippen LogP contribution < -0.4 is 4.74 Å². The molecule has 0 aliphatic carbocycles. The van der Waals surface area contributed by atoms with Gasteiger partial charge in [0, 0.05) is 17.2 Å². The highest BCUT2D eigenvalue weighted by Gasteiger charge is 2.34. The molecule has 0 fully saturated rings. The van der Waals surface area contributed by atoms with E-state index in [2.05, 4.69) is 4.74 Å². The summed E-state index contributed by atoms with van der Waals surface area (Å²) in [6.07, 6.45) is -3.82. The topological polar surface area (TPSA) is 9.23 Å². The van der Waals surface area contributed by atoms with Crippen LogP contribution in [-0.2, 0) is 12.8 Å². The quantitative estimate of drug-likeness (QED) is 0.437. The number of alkyl halides is 3. The highest BCUT2D eigenvalue weighted by Crippen LogP contribution is 2.34. The summed E-state index contributed by atoms with van der Waals surface area (Å²) < 4.78 is 87.0. The third kappa shape index (κ3) is 3.83. The van der Waals surface area contributed by atoms with E-state index in [4.69, 9.17) is 0 Å². The number of hydrogen-bond acceptors (Lipinski definition) is 1. The normalized spacial score (nSPS) is 11.5. The Bertz CT molecular complexity index is 999. The van der Waals surface area contributed by atoms with Gasteiger partial charge in [-0.2, -0.15) is 8.78 Å². The molecular formula is C21H14F6O. The van der Waals surface area contributed by atoms with Crippen molar-refractivity contribution in [3.8, 4) is 16.9 Å². The van der Waals surface area contributed by atoms with Crippen LogP contribution >= 0.6 is 0 Å². The molecule has 1 nitrogen and oxygen atoms in total. The average Bonchev–Trinajstić information content (AvgIpc) is 2.66. The molecule has 0 saturated heterocycles. The van der Waals surface area contributed by atoms with Crippen molar-refractivity contribution in [2.24, 2.45) is 0 Å². The van der Waals surface area contributed by atoms with Gasteiger partial charge < -0.3 is 4.74 Å². The highest BCUT2D eigenvalue weighted by atomic mass is 19.3. The van der Waals surface area contributed by atoms with Gasteiger partial charge in [-0.25, -0.2) is 17.6 Å². The van der Waals surface area contributed by atoms with Crippen LogP contribution in [0, 0.1) is 24.4 Å². The van der Waals surface area contributed by atoms with Gasteiger partial charge in [-0.15, -0.1) is 0 Å². The lowest BCUT2D eigenvalue weighted by Gasteiger charge is -2.19. The summed E-state index contributed by atoms with van der Waals surface area (Å²) in [7, 11) is 0. The number of halogens is 6. The van der Waals surface area contributed by atoms with E-state index in [1.807, 2.05) is 0 Å². The summed E-state index contributed by atoms with van der Waals surface area (Å²) in [6, 6.07) is 9.85. The molecule has 146 valence electrons. The van der Waals surface area contributed by atoms with Crippen molar-refractivity contribution in [1.29, 1.82) is 0 Å². The highest BCUT2D eigenvalue weighted by molar-refractivity contribution is 5.65. The van der Waals surface area contributed by atoms with Gasteiger partial charge in [0.25, 0.3) is 0 Å². The van der Waals surface area contributed by atoms with E-state index in [0.29, 0.717) is 6.07 Å². The minimum absolute atomic E-state index is 0.0669. The van der Waals surface area contributed by atoms with Crippen LogP contribution in [0.15, 0.2) is 54.6 Å². The summed E-state index contributed by atoms with van der Waals surface area (Å²) >= 11 is 0. The van der Waals surface area contributed by atoms with Crippen molar-refractivity contribution in [3.05, 3.63) is 88.7 Å². The fraction of sp³-hybridized carbons (Fsp3) is 0.143. The molecule has 0 aromatic heterocycles. The first-order valence-corrected chi connectivity index (χ1v) is 8.19. The molecule has 0 atom stereocenters. The van der Waals surface area contributed by atoms with E-state index in [9.17, 15) is 26.3 Å². The molecule has 28 heavy (non-hydrogen) atoms. The molecule has 0 heterocycles. The molecule has 0 N–H and O–H groups in total. The zero-order valence-electron chi connectivity index (χ0n) is 14.6. The molecule has 0 radical (unpaired) electrons. The van der Waals surface area contributed by atoms with Crippen molar-refractivity contribution >= 4 is 0 Å². The monoisotopic (exact) mass is 396 g/mol. The van der Waals surface area contributed by atoms with E-state index >= 15 is 0 Å². The van der Waals surface area contributed by atoms with E-state index in [1.165, 1.54) is 31.2 Å². The number of rotatable bonds is 5. The predicted octanol–water partition coefficient (Wildman–Crippen LogP) is 6.68. The van der Waals surface area contributed by atoms with E-state index in [-0.39, 0.29) is 22.3 Å². The van der Waals surface area contributed by atoms with Gasteiger partial charge in [-0.05, 0) is 42.3 Å². The van der Waals surface area contributed by atoms with E-state index in [1.54, 1.807) is 0 Å². The summed E-state index contributed by atoms with van der Waals surface area (Å²) in [4.78, 5) is 0. The Morgan fingerprint density at radius 3 is 2.14 bits per heavy atom. The van der Waals surface area contributed by atoms with E-state index in [0.717, 1.165) is 24.3 Å². The molecule has 0 saturated carbocycles. The van der Waals surface area contributed by atoms with Gasteiger partial charge in [0.1, 0.15) is 18.2 Å². The fourth-order valence-electron chi connectivity index (χ4n) is 2.62. The second-order valence-corrected chi connectivity index (χ2v) is 6.14. The average molecular weight is 396 g/mol. The first-order chi connectivity index (χ1) is 13.2. The molecule has 3 aromatic carbocycles. The number of ether oxygens (including phenoxy) is 1. The van der Waals surface area contributed by atoms with Gasteiger partial charge in [-0.3, -0.25) is 0 Å². The summed E-state index contributed by atoms with van der Waals surface area (Å²) in [5, 5.41) is 0. The lowest BCUT2D eigenvalue weighted by molar-refractivity contribution is -0.185. The van der Waals surface area contributed by atoms with Gasteiger partial charge in [0.15, 0.2) is 11.6 Å². The summed E-state index contributed by atoms with van der Waals surface area (Å²) in [5.41, 5.74) is -0.576. The first-order valence-electron chi connectivity index (χ1n) is 8.19. The summed E-state index contributed by atoms with van der Waals surface area (Å²) in [5.74, 6) is -3.55. The third-order valence-corrected chi connectivity index (χ3v) is 4.22. The first kappa shape index (κ1) is 19.8. The Hall–Kier alpha value is -2.96. The molecule has 0 unspecified atom stereocenters. The Labute approximate surface area is 157 Å². The molecule has 0 aliphatic rings. The molecular weight excluding hydrogens is 382 g/mol. The Morgan fingerprint density at radius 1 is 0.857 bits per heavy atom. The standard InChI is InChI=1S/C21H14F6O/c1-12-2-9-17(20(25)19(12)24)13-3-6-15(7-4-13)21(26,27)28-16-8-5-14(11-22)18(23)10-16/h2-10H,11H2,1H3. The Balaban J connectivity index is 1.86. The van der Waals surface area contributed by atoms with Crippen LogP contribution in [0.4, 0.5) is 26.3 Å². The van der Waals surface area contributed by atoms with Crippen molar-refractivity contribution in [1.82, 2.24) is 0 Å². The van der Waals surface area contributed by atoms with Crippen molar-refractivity contribution < 1.29 is 31.1 Å². The minimum atomic E-state index is -3.82. The van der Waals surface area contributed by atoms with E-state index < -0.39 is 41.5 Å². The van der Waals surface area contributed by atoms with Gasteiger partial charge in [-0.1, -0.05) is 24.3 Å². The molecule has 3 aromatic rings. The van der Waals surface area contributed by atoms with Crippen LogP contribution in [0.1, 0.15) is 16.7 Å². The molecule has 0 spiro atoms. The Morgan fingerprint density at radius 2 is 1.54 bits per heavy atom. The maximum Gasteiger partial charge on any atom is 0.426 e. The molecule has 3 rings (SSSR count).